The summed E-state index contributed by atoms with van der Waals surface area (Å²) in [4.78, 5) is 14.8. The summed E-state index contributed by atoms with van der Waals surface area (Å²) in [7, 11) is 3.24. The Hall–Kier alpha value is -2.28. The average Bonchev–Trinajstić information content (AvgIpc) is 2.74. The van der Waals surface area contributed by atoms with Gasteiger partial charge in [0.05, 0.1) is 39.9 Å². The van der Waals surface area contributed by atoms with Crippen LogP contribution in [0.15, 0.2) is 42.5 Å². The van der Waals surface area contributed by atoms with E-state index in [1.165, 1.54) is 0 Å². The van der Waals surface area contributed by atoms with Gasteiger partial charge in [0.15, 0.2) is 11.5 Å². The van der Waals surface area contributed by atoms with Crippen molar-refractivity contribution < 1.29 is 19.0 Å². The number of carbonyl (C=O) groups is 1. The number of methoxy groups -OCH3 is 2. The van der Waals surface area contributed by atoms with Gasteiger partial charge >= 0.3 is 0 Å². The van der Waals surface area contributed by atoms with Crippen LogP contribution in [0.4, 0.5) is 0 Å². The van der Waals surface area contributed by atoms with Crippen LogP contribution < -0.4 is 14.8 Å². The normalized spacial score (nSPS) is 15.6. The summed E-state index contributed by atoms with van der Waals surface area (Å²) < 4.78 is 16.3. The smallest absolute Gasteiger partial charge is 0.224 e. The maximum atomic E-state index is 12.5. The highest BCUT2D eigenvalue weighted by atomic mass is 35.5. The molecule has 29 heavy (non-hydrogen) atoms. The van der Waals surface area contributed by atoms with Crippen molar-refractivity contribution in [3.8, 4) is 11.5 Å². The lowest BCUT2D eigenvalue weighted by Gasteiger charge is -2.35. The fraction of sp³-hybridized carbons (Fsp3) is 0.409. The molecule has 2 aromatic carbocycles. The van der Waals surface area contributed by atoms with Gasteiger partial charge in [0.1, 0.15) is 0 Å². The van der Waals surface area contributed by atoms with Gasteiger partial charge in [0.2, 0.25) is 5.91 Å². The first-order valence-corrected chi connectivity index (χ1v) is 10.0. The first kappa shape index (κ1) is 21.4. The Bertz CT molecular complexity index is 824. The molecule has 0 aliphatic carbocycles. The molecule has 6 nitrogen and oxygen atoms in total. The van der Waals surface area contributed by atoms with E-state index >= 15 is 0 Å². The predicted octanol–water partition coefficient (Wildman–Crippen LogP) is 3.09. The van der Waals surface area contributed by atoms with Gasteiger partial charge in [-0.25, -0.2) is 0 Å². The number of hydrogen-bond donors (Lipinski definition) is 1. The lowest BCUT2D eigenvalue weighted by atomic mass is 10.0. The molecule has 1 atom stereocenters. The van der Waals surface area contributed by atoms with E-state index in [0.29, 0.717) is 42.7 Å². The van der Waals surface area contributed by atoms with Crippen molar-refractivity contribution in [2.45, 2.75) is 12.5 Å². The number of carbonyl (C=O) groups excluding carboxylic acids is 1. The van der Waals surface area contributed by atoms with Crippen LogP contribution in [0.5, 0.6) is 11.5 Å². The molecule has 156 valence electrons. The maximum absolute atomic E-state index is 12.5. The summed E-state index contributed by atoms with van der Waals surface area (Å²) in [5.41, 5.74) is 1.96. The Morgan fingerprint density at radius 1 is 1.14 bits per heavy atom. The molecule has 0 spiro atoms. The molecule has 2 aromatic rings. The van der Waals surface area contributed by atoms with Gasteiger partial charge in [-0.15, -0.1) is 0 Å². The number of rotatable bonds is 8. The highest BCUT2D eigenvalue weighted by Gasteiger charge is 2.24. The minimum atomic E-state index is -0.0361. The zero-order valence-corrected chi connectivity index (χ0v) is 17.6. The SMILES string of the molecule is COc1ccc(C(CNC(=O)Cc2cccc(Cl)c2)N2CCOCC2)cc1OC. The molecule has 1 fully saturated rings. The van der Waals surface area contributed by atoms with Crippen LogP contribution in [0.1, 0.15) is 17.2 Å². The van der Waals surface area contributed by atoms with Crippen molar-refractivity contribution in [3.05, 3.63) is 58.6 Å². The van der Waals surface area contributed by atoms with Gasteiger partial charge in [-0.2, -0.15) is 0 Å². The van der Waals surface area contributed by atoms with Gasteiger partial charge in [-0.3, -0.25) is 9.69 Å². The average molecular weight is 419 g/mol. The molecule has 1 saturated heterocycles. The van der Waals surface area contributed by atoms with Crippen molar-refractivity contribution in [2.24, 2.45) is 0 Å². The van der Waals surface area contributed by atoms with Crippen LogP contribution in [0, 0.1) is 0 Å². The van der Waals surface area contributed by atoms with E-state index in [1.807, 2.05) is 36.4 Å². The van der Waals surface area contributed by atoms with Crippen molar-refractivity contribution in [2.75, 3.05) is 47.1 Å². The topological polar surface area (TPSA) is 60.0 Å². The molecule has 3 rings (SSSR count). The van der Waals surface area contributed by atoms with E-state index < -0.39 is 0 Å². The monoisotopic (exact) mass is 418 g/mol. The Morgan fingerprint density at radius 2 is 1.90 bits per heavy atom. The van der Waals surface area contributed by atoms with Crippen LogP contribution in [-0.4, -0.2) is 57.9 Å². The molecule has 0 radical (unpaired) electrons. The zero-order chi connectivity index (χ0) is 20.6. The number of nitrogens with one attached hydrogen (secondary N) is 1. The fourth-order valence-electron chi connectivity index (χ4n) is 3.51. The van der Waals surface area contributed by atoms with E-state index in [2.05, 4.69) is 10.2 Å². The summed E-state index contributed by atoms with van der Waals surface area (Å²) in [6, 6.07) is 13.3. The van der Waals surface area contributed by atoms with Gasteiger partial charge in [-0.05, 0) is 35.4 Å². The second-order valence-electron chi connectivity index (χ2n) is 6.89. The predicted molar refractivity (Wildman–Crippen MR) is 113 cm³/mol. The van der Waals surface area contributed by atoms with E-state index in [4.69, 9.17) is 25.8 Å². The number of morpholine rings is 1. The molecule has 1 heterocycles. The van der Waals surface area contributed by atoms with E-state index in [9.17, 15) is 4.79 Å². The summed E-state index contributed by atoms with van der Waals surface area (Å²) >= 11 is 6.02. The lowest BCUT2D eigenvalue weighted by Crippen LogP contribution is -2.44. The number of ether oxygens (including phenoxy) is 3. The summed E-state index contributed by atoms with van der Waals surface area (Å²) in [6.07, 6.45) is 0.294. The molecule has 1 aliphatic rings. The minimum absolute atomic E-state index is 0.0158. The van der Waals surface area contributed by atoms with E-state index in [-0.39, 0.29) is 11.9 Å². The van der Waals surface area contributed by atoms with Crippen LogP contribution >= 0.6 is 11.6 Å². The quantitative estimate of drug-likeness (QED) is 0.713. The molecule has 0 bridgehead atoms. The standard InChI is InChI=1S/C22H27ClN2O4/c1-27-20-7-6-17(14-21(20)28-2)19(25-8-10-29-11-9-25)15-24-22(26)13-16-4-3-5-18(23)12-16/h3-7,12,14,19H,8-11,13,15H2,1-2H3,(H,24,26). The number of nitrogens with zero attached hydrogens (tertiary/aromatic N) is 1. The Kier molecular flexibility index (Phi) is 7.75. The van der Waals surface area contributed by atoms with Crippen molar-refractivity contribution in [1.82, 2.24) is 10.2 Å². The Labute approximate surface area is 176 Å². The third kappa shape index (κ3) is 5.85. The third-order valence-electron chi connectivity index (χ3n) is 5.03. The van der Waals surface area contributed by atoms with E-state index in [1.54, 1.807) is 20.3 Å². The molecule has 0 aromatic heterocycles. The number of halogens is 1. The minimum Gasteiger partial charge on any atom is -0.493 e. The number of amides is 1. The van der Waals surface area contributed by atoms with Gasteiger partial charge < -0.3 is 19.5 Å². The Balaban J connectivity index is 1.73. The number of hydrogen-bond acceptors (Lipinski definition) is 5. The second-order valence-corrected chi connectivity index (χ2v) is 7.33. The zero-order valence-electron chi connectivity index (χ0n) is 16.8. The Morgan fingerprint density at radius 3 is 2.59 bits per heavy atom. The van der Waals surface area contributed by atoms with Crippen LogP contribution in [0.2, 0.25) is 5.02 Å². The third-order valence-corrected chi connectivity index (χ3v) is 5.26. The maximum Gasteiger partial charge on any atom is 0.224 e. The number of benzene rings is 2. The largest absolute Gasteiger partial charge is 0.493 e. The summed E-state index contributed by atoms with van der Waals surface area (Å²) in [5.74, 6) is 1.32. The van der Waals surface area contributed by atoms with Crippen molar-refractivity contribution >= 4 is 17.5 Å². The van der Waals surface area contributed by atoms with Gasteiger partial charge in [0, 0.05) is 24.7 Å². The lowest BCUT2D eigenvalue weighted by molar-refractivity contribution is -0.120. The van der Waals surface area contributed by atoms with Crippen LogP contribution in [0.25, 0.3) is 0 Å². The highest BCUT2D eigenvalue weighted by Crippen LogP contribution is 2.32. The van der Waals surface area contributed by atoms with Gasteiger partial charge in [-0.1, -0.05) is 29.8 Å². The molecule has 1 amide bonds. The van der Waals surface area contributed by atoms with Crippen molar-refractivity contribution in [3.63, 3.8) is 0 Å². The first-order chi connectivity index (χ1) is 14.1. The molecule has 1 unspecified atom stereocenters. The molecule has 1 aliphatic heterocycles. The second kappa shape index (κ2) is 10.5. The van der Waals surface area contributed by atoms with E-state index in [0.717, 1.165) is 24.2 Å². The fourth-order valence-corrected chi connectivity index (χ4v) is 3.73. The molecule has 0 saturated carbocycles. The van der Waals surface area contributed by atoms with Crippen LogP contribution in [-0.2, 0) is 16.0 Å². The summed E-state index contributed by atoms with van der Waals surface area (Å²) in [5, 5.41) is 3.71. The van der Waals surface area contributed by atoms with Crippen molar-refractivity contribution in [1.29, 1.82) is 0 Å². The summed E-state index contributed by atoms with van der Waals surface area (Å²) in [6.45, 7) is 3.47. The molecule has 7 heteroatoms. The van der Waals surface area contributed by atoms with Gasteiger partial charge in [0.25, 0.3) is 0 Å². The molecule has 1 N–H and O–H groups in total. The molecular formula is C22H27ClN2O4. The molecular weight excluding hydrogens is 392 g/mol. The first-order valence-electron chi connectivity index (χ1n) is 9.65. The van der Waals surface area contributed by atoms with Crippen LogP contribution in [0.3, 0.4) is 0 Å². The highest BCUT2D eigenvalue weighted by molar-refractivity contribution is 6.30.